The lowest BCUT2D eigenvalue weighted by Crippen LogP contribution is -2.16. The van der Waals surface area contributed by atoms with E-state index in [1.807, 2.05) is 12.1 Å². The van der Waals surface area contributed by atoms with Crippen LogP contribution in [0, 0.1) is 0 Å². The van der Waals surface area contributed by atoms with Crippen molar-refractivity contribution in [1.82, 2.24) is 4.98 Å². The van der Waals surface area contributed by atoms with Crippen molar-refractivity contribution in [2.75, 3.05) is 5.73 Å². The number of benzene rings is 2. The van der Waals surface area contributed by atoms with Crippen molar-refractivity contribution >= 4 is 27.2 Å². The first-order valence-corrected chi connectivity index (χ1v) is 6.75. The molecule has 108 valence electrons. The summed E-state index contributed by atoms with van der Waals surface area (Å²) in [5, 5.41) is 0.717. The molecule has 1 heterocycles. The second-order valence-electron chi connectivity index (χ2n) is 4.32. The molecule has 2 N–H and O–H groups in total. The predicted octanol–water partition coefficient (Wildman–Crippen LogP) is 4.44. The number of fused-ring (bicyclic) bond motifs is 1. The Hall–Kier alpha value is -2.28. The Balaban J connectivity index is 1.98. The molecule has 3 nitrogen and oxygen atoms in total. The van der Waals surface area contributed by atoms with E-state index in [1.54, 1.807) is 18.2 Å². The van der Waals surface area contributed by atoms with Gasteiger partial charge in [0.1, 0.15) is 10.8 Å². The van der Waals surface area contributed by atoms with Gasteiger partial charge in [-0.05, 0) is 36.4 Å². The third kappa shape index (κ3) is 3.08. The van der Waals surface area contributed by atoms with Crippen LogP contribution in [-0.4, -0.2) is 11.3 Å². The number of thiazole rings is 1. The second kappa shape index (κ2) is 4.92. The molecule has 0 bridgehead atoms. The first-order valence-electron chi connectivity index (χ1n) is 5.93. The van der Waals surface area contributed by atoms with Gasteiger partial charge in [-0.2, -0.15) is 0 Å². The molecule has 2 aromatic carbocycles. The van der Waals surface area contributed by atoms with Gasteiger partial charge >= 0.3 is 6.36 Å². The highest BCUT2D eigenvalue weighted by molar-refractivity contribution is 7.21. The summed E-state index contributed by atoms with van der Waals surface area (Å²) in [5.74, 6) is -0.274. The Morgan fingerprint density at radius 3 is 2.43 bits per heavy atom. The molecule has 0 aliphatic rings. The van der Waals surface area contributed by atoms with Crippen molar-refractivity contribution in [2.45, 2.75) is 6.36 Å². The Labute approximate surface area is 121 Å². The third-order valence-electron chi connectivity index (χ3n) is 2.75. The molecule has 0 atom stereocenters. The molecule has 0 aliphatic carbocycles. The summed E-state index contributed by atoms with van der Waals surface area (Å²) < 4.78 is 41.3. The van der Waals surface area contributed by atoms with E-state index in [9.17, 15) is 13.2 Å². The molecule has 0 aliphatic heterocycles. The number of ether oxygens (including phenoxy) is 1. The number of rotatable bonds is 2. The predicted molar refractivity (Wildman–Crippen MR) is 76.2 cm³/mol. The summed E-state index contributed by atoms with van der Waals surface area (Å²) in [6.45, 7) is 0. The van der Waals surface area contributed by atoms with E-state index in [0.717, 1.165) is 10.3 Å². The van der Waals surface area contributed by atoms with Gasteiger partial charge in [-0.15, -0.1) is 24.5 Å². The Morgan fingerprint density at radius 1 is 1.05 bits per heavy atom. The quantitative estimate of drug-likeness (QED) is 0.712. The van der Waals surface area contributed by atoms with Gasteiger partial charge in [-0.3, -0.25) is 0 Å². The molecule has 3 rings (SSSR count). The van der Waals surface area contributed by atoms with Crippen molar-refractivity contribution in [1.29, 1.82) is 0 Å². The van der Waals surface area contributed by atoms with Crippen LogP contribution < -0.4 is 10.5 Å². The molecule has 21 heavy (non-hydrogen) atoms. The molecule has 3 aromatic rings. The van der Waals surface area contributed by atoms with Crippen LogP contribution in [-0.2, 0) is 0 Å². The third-order valence-corrected chi connectivity index (χ3v) is 3.84. The van der Waals surface area contributed by atoms with E-state index in [2.05, 4.69) is 9.72 Å². The Kier molecular flexibility index (Phi) is 3.21. The van der Waals surface area contributed by atoms with E-state index >= 15 is 0 Å². The van der Waals surface area contributed by atoms with Crippen LogP contribution in [0.15, 0.2) is 42.5 Å². The summed E-state index contributed by atoms with van der Waals surface area (Å²) in [7, 11) is 0. The normalized spacial score (nSPS) is 11.8. The van der Waals surface area contributed by atoms with Gasteiger partial charge in [0.05, 0.1) is 10.2 Å². The van der Waals surface area contributed by atoms with Crippen LogP contribution in [0.2, 0.25) is 0 Å². The SMILES string of the molecule is Nc1ccc(-c2nc3cc(OC(F)(F)F)ccc3s2)cc1. The summed E-state index contributed by atoms with van der Waals surface area (Å²) in [4.78, 5) is 4.33. The molecule has 0 fully saturated rings. The second-order valence-corrected chi connectivity index (χ2v) is 5.35. The molecule has 1 aromatic heterocycles. The lowest BCUT2D eigenvalue weighted by Gasteiger charge is -2.07. The Morgan fingerprint density at radius 2 is 1.76 bits per heavy atom. The number of nitrogens with zero attached hydrogens (tertiary/aromatic N) is 1. The zero-order valence-corrected chi connectivity index (χ0v) is 11.3. The smallest absolute Gasteiger partial charge is 0.406 e. The standard InChI is InChI=1S/C14H9F3N2OS/c15-14(16,17)20-10-5-6-12-11(7-10)19-13(21-12)8-1-3-9(18)4-2-8/h1-7H,18H2. The first-order chi connectivity index (χ1) is 9.90. The van der Waals surface area contributed by atoms with Crippen LogP contribution in [0.4, 0.5) is 18.9 Å². The monoisotopic (exact) mass is 310 g/mol. The number of aromatic nitrogens is 1. The summed E-state index contributed by atoms with van der Waals surface area (Å²) in [6.07, 6.45) is -4.70. The minimum Gasteiger partial charge on any atom is -0.406 e. The van der Waals surface area contributed by atoms with Gasteiger partial charge in [-0.25, -0.2) is 4.98 Å². The summed E-state index contributed by atoms with van der Waals surface area (Å²) in [6, 6.07) is 11.3. The number of anilines is 1. The van der Waals surface area contributed by atoms with Gasteiger partial charge in [0, 0.05) is 17.3 Å². The van der Waals surface area contributed by atoms with E-state index in [1.165, 1.54) is 23.5 Å². The molecule has 0 spiro atoms. The van der Waals surface area contributed by atoms with E-state index < -0.39 is 6.36 Å². The highest BCUT2D eigenvalue weighted by Crippen LogP contribution is 2.33. The number of nitrogen functional groups attached to an aromatic ring is 1. The maximum atomic E-state index is 12.2. The molecule has 0 amide bonds. The fourth-order valence-corrected chi connectivity index (χ4v) is 2.80. The largest absolute Gasteiger partial charge is 0.573 e. The van der Waals surface area contributed by atoms with Crippen molar-refractivity contribution in [3.8, 4) is 16.3 Å². The molecule has 0 radical (unpaired) electrons. The zero-order valence-electron chi connectivity index (χ0n) is 10.5. The highest BCUT2D eigenvalue weighted by Gasteiger charge is 2.31. The molecule has 0 saturated heterocycles. The van der Waals surface area contributed by atoms with E-state index in [0.29, 0.717) is 16.2 Å². The van der Waals surface area contributed by atoms with Crippen molar-refractivity contribution in [3.05, 3.63) is 42.5 Å². The fraction of sp³-hybridized carbons (Fsp3) is 0.0714. The molecular formula is C14H9F3N2OS. The van der Waals surface area contributed by atoms with Gasteiger partial charge in [0.15, 0.2) is 0 Å². The lowest BCUT2D eigenvalue weighted by atomic mass is 10.2. The van der Waals surface area contributed by atoms with Crippen LogP contribution in [0.1, 0.15) is 0 Å². The minimum absolute atomic E-state index is 0.274. The lowest BCUT2D eigenvalue weighted by molar-refractivity contribution is -0.274. The van der Waals surface area contributed by atoms with Crippen LogP contribution in [0.25, 0.3) is 20.8 Å². The first kappa shape index (κ1) is 13.7. The van der Waals surface area contributed by atoms with Crippen LogP contribution in [0.3, 0.4) is 0 Å². The van der Waals surface area contributed by atoms with Crippen molar-refractivity contribution in [2.24, 2.45) is 0 Å². The fourth-order valence-electron chi connectivity index (χ4n) is 1.85. The van der Waals surface area contributed by atoms with E-state index in [-0.39, 0.29) is 5.75 Å². The van der Waals surface area contributed by atoms with Crippen molar-refractivity contribution < 1.29 is 17.9 Å². The van der Waals surface area contributed by atoms with Gasteiger partial charge < -0.3 is 10.5 Å². The number of halogens is 3. The molecule has 7 heteroatoms. The average molecular weight is 310 g/mol. The zero-order chi connectivity index (χ0) is 15.0. The maximum absolute atomic E-state index is 12.2. The highest BCUT2D eigenvalue weighted by atomic mass is 32.1. The Bertz CT molecular complexity index is 781. The average Bonchev–Trinajstić information content (AvgIpc) is 2.80. The van der Waals surface area contributed by atoms with Crippen molar-refractivity contribution in [3.63, 3.8) is 0 Å². The molecular weight excluding hydrogens is 301 g/mol. The van der Waals surface area contributed by atoms with Crippen LogP contribution in [0.5, 0.6) is 5.75 Å². The molecule has 0 unspecified atom stereocenters. The maximum Gasteiger partial charge on any atom is 0.573 e. The summed E-state index contributed by atoms with van der Waals surface area (Å²) >= 11 is 1.39. The van der Waals surface area contributed by atoms with Gasteiger partial charge in [0.2, 0.25) is 0 Å². The summed E-state index contributed by atoms with van der Waals surface area (Å²) in [5.41, 5.74) is 7.59. The van der Waals surface area contributed by atoms with E-state index in [4.69, 9.17) is 5.73 Å². The number of hydrogen-bond donors (Lipinski definition) is 1. The number of hydrogen-bond acceptors (Lipinski definition) is 4. The van der Waals surface area contributed by atoms with Crippen LogP contribution >= 0.6 is 11.3 Å². The topological polar surface area (TPSA) is 48.1 Å². The minimum atomic E-state index is -4.70. The number of alkyl halides is 3. The van der Waals surface area contributed by atoms with Gasteiger partial charge in [-0.1, -0.05) is 0 Å². The molecule has 0 saturated carbocycles. The van der Waals surface area contributed by atoms with Gasteiger partial charge in [0.25, 0.3) is 0 Å². The number of nitrogens with two attached hydrogens (primary N) is 1.